The zero-order valence-corrected chi connectivity index (χ0v) is 16.5. The molecule has 1 heterocycles. The van der Waals surface area contributed by atoms with Crippen LogP contribution in [-0.4, -0.2) is 61.7 Å². The summed E-state index contributed by atoms with van der Waals surface area (Å²) in [5.74, 6) is -0.457. The summed E-state index contributed by atoms with van der Waals surface area (Å²) < 4.78 is 26.9. The normalized spacial score (nSPS) is 17.2. The average Bonchev–Trinajstić information content (AvgIpc) is 2.59. The van der Waals surface area contributed by atoms with Crippen molar-refractivity contribution in [1.82, 2.24) is 14.5 Å². The zero-order chi connectivity index (χ0) is 19.5. The van der Waals surface area contributed by atoms with Gasteiger partial charge in [0, 0.05) is 33.1 Å². The van der Waals surface area contributed by atoms with E-state index in [2.05, 4.69) is 5.32 Å². The van der Waals surface area contributed by atoms with Gasteiger partial charge in [0.2, 0.25) is 21.8 Å². The summed E-state index contributed by atoms with van der Waals surface area (Å²) in [6.07, 6.45) is 0. The van der Waals surface area contributed by atoms with Gasteiger partial charge in [0.05, 0.1) is 4.90 Å². The molecule has 1 aliphatic rings. The molecule has 1 N–H and O–H groups in total. The van der Waals surface area contributed by atoms with Gasteiger partial charge < -0.3 is 10.2 Å². The highest BCUT2D eigenvalue weighted by atomic mass is 32.2. The Morgan fingerprint density at radius 2 is 1.58 bits per heavy atom. The van der Waals surface area contributed by atoms with Crippen LogP contribution in [0.4, 0.5) is 0 Å². The van der Waals surface area contributed by atoms with Gasteiger partial charge in [-0.15, -0.1) is 0 Å². The Balaban J connectivity index is 2.05. The number of nitrogens with one attached hydrogen (secondary N) is 1. The third-order valence-corrected chi connectivity index (χ3v) is 6.41. The number of carbonyl (C=O) groups is 2. The smallest absolute Gasteiger partial charge is 0.245 e. The third-order valence-electron chi connectivity index (χ3n) is 4.50. The molecule has 2 amide bonds. The van der Waals surface area contributed by atoms with E-state index in [1.54, 1.807) is 29.2 Å². The van der Waals surface area contributed by atoms with E-state index in [0.29, 0.717) is 13.1 Å². The van der Waals surface area contributed by atoms with Gasteiger partial charge in [-0.25, -0.2) is 8.42 Å². The van der Waals surface area contributed by atoms with Gasteiger partial charge in [-0.2, -0.15) is 4.31 Å². The number of carbonyl (C=O) groups excluding carboxylic acids is 2. The molecular weight excluding hydrogens is 354 g/mol. The molecule has 1 fully saturated rings. The second-order valence-corrected chi connectivity index (χ2v) is 8.90. The molecule has 26 heavy (non-hydrogen) atoms. The van der Waals surface area contributed by atoms with Crippen molar-refractivity contribution in [2.45, 2.75) is 38.6 Å². The predicted octanol–water partition coefficient (Wildman–Crippen LogP) is 0.989. The molecule has 0 spiro atoms. The maximum absolute atomic E-state index is 12.7. The molecule has 7 nitrogen and oxygen atoms in total. The van der Waals surface area contributed by atoms with Gasteiger partial charge in [0.15, 0.2) is 0 Å². The van der Waals surface area contributed by atoms with E-state index in [1.807, 2.05) is 20.8 Å². The van der Waals surface area contributed by atoms with E-state index in [9.17, 15) is 18.0 Å². The van der Waals surface area contributed by atoms with Crippen molar-refractivity contribution in [3.8, 4) is 0 Å². The summed E-state index contributed by atoms with van der Waals surface area (Å²) in [5.41, 5.74) is 0.997. The monoisotopic (exact) mass is 381 g/mol. The molecule has 0 aromatic heterocycles. The standard InChI is InChI=1S/C18H27N3O4S/c1-13(2)17(19-15(4)22)18(23)20-9-11-21(12-10-20)26(24,25)16-7-5-14(3)6-8-16/h5-8,13,17H,9-12H2,1-4H3,(H,19,22). The largest absolute Gasteiger partial charge is 0.344 e. The van der Waals surface area contributed by atoms with Crippen LogP contribution in [0.1, 0.15) is 26.3 Å². The molecule has 1 unspecified atom stereocenters. The first-order chi connectivity index (χ1) is 12.1. The summed E-state index contributed by atoms with van der Waals surface area (Å²) in [6.45, 7) is 8.14. The highest BCUT2D eigenvalue weighted by Crippen LogP contribution is 2.19. The Hall–Kier alpha value is -1.93. The second-order valence-electron chi connectivity index (χ2n) is 6.96. The molecule has 8 heteroatoms. The molecule has 144 valence electrons. The van der Waals surface area contributed by atoms with Crippen LogP contribution < -0.4 is 5.32 Å². The number of hydrogen-bond acceptors (Lipinski definition) is 4. The van der Waals surface area contributed by atoms with Crippen LogP contribution in [0.3, 0.4) is 0 Å². The minimum absolute atomic E-state index is 0.0410. The second kappa shape index (κ2) is 8.18. The number of rotatable bonds is 5. The first-order valence-corrected chi connectivity index (χ1v) is 10.2. The molecule has 1 aromatic rings. The lowest BCUT2D eigenvalue weighted by atomic mass is 10.0. The molecule has 2 rings (SSSR count). The van der Waals surface area contributed by atoms with Crippen LogP contribution in [0, 0.1) is 12.8 Å². The number of benzene rings is 1. The average molecular weight is 381 g/mol. The van der Waals surface area contributed by atoms with E-state index < -0.39 is 16.1 Å². The molecule has 0 saturated carbocycles. The fraction of sp³-hybridized carbons (Fsp3) is 0.556. The van der Waals surface area contributed by atoms with Crippen molar-refractivity contribution in [3.63, 3.8) is 0 Å². The van der Waals surface area contributed by atoms with Crippen LogP contribution in [0.15, 0.2) is 29.2 Å². The van der Waals surface area contributed by atoms with Gasteiger partial charge in [0.25, 0.3) is 0 Å². The highest BCUT2D eigenvalue weighted by molar-refractivity contribution is 7.89. The number of aryl methyl sites for hydroxylation is 1. The molecule has 1 aliphatic heterocycles. The topological polar surface area (TPSA) is 86.8 Å². The van der Waals surface area contributed by atoms with E-state index in [0.717, 1.165) is 5.56 Å². The summed E-state index contributed by atoms with van der Waals surface area (Å²) in [4.78, 5) is 25.9. The number of amides is 2. The zero-order valence-electron chi connectivity index (χ0n) is 15.7. The highest BCUT2D eigenvalue weighted by Gasteiger charge is 2.33. The van der Waals surface area contributed by atoms with Crippen molar-refractivity contribution in [2.75, 3.05) is 26.2 Å². The van der Waals surface area contributed by atoms with Crippen LogP contribution >= 0.6 is 0 Å². The van der Waals surface area contributed by atoms with Crippen molar-refractivity contribution < 1.29 is 18.0 Å². The summed E-state index contributed by atoms with van der Waals surface area (Å²) in [6, 6.07) is 6.16. The van der Waals surface area contributed by atoms with E-state index in [4.69, 9.17) is 0 Å². The quantitative estimate of drug-likeness (QED) is 0.824. The molecule has 1 atom stereocenters. The SMILES string of the molecule is CC(=O)NC(C(=O)N1CCN(S(=O)(=O)c2ccc(C)cc2)CC1)C(C)C. The van der Waals surface area contributed by atoms with Crippen LogP contribution in [0.2, 0.25) is 0 Å². The van der Waals surface area contributed by atoms with Crippen molar-refractivity contribution >= 4 is 21.8 Å². The van der Waals surface area contributed by atoms with Crippen LogP contribution in [0.25, 0.3) is 0 Å². The van der Waals surface area contributed by atoms with Crippen molar-refractivity contribution in [2.24, 2.45) is 5.92 Å². The fourth-order valence-corrected chi connectivity index (χ4v) is 4.36. The lowest BCUT2D eigenvalue weighted by Crippen LogP contribution is -2.56. The van der Waals surface area contributed by atoms with Crippen molar-refractivity contribution in [3.05, 3.63) is 29.8 Å². The molecule has 0 aliphatic carbocycles. The molecule has 1 aromatic carbocycles. The lowest BCUT2D eigenvalue weighted by Gasteiger charge is -2.36. The van der Waals surface area contributed by atoms with Gasteiger partial charge in [-0.3, -0.25) is 9.59 Å². The van der Waals surface area contributed by atoms with Crippen molar-refractivity contribution in [1.29, 1.82) is 0 Å². The Kier molecular flexibility index (Phi) is 6.41. The summed E-state index contributed by atoms with van der Waals surface area (Å²) in [5, 5.41) is 2.69. The minimum Gasteiger partial charge on any atom is -0.344 e. The molecule has 0 bridgehead atoms. The predicted molar refractivity (Wildman–Crippen MR) is 99.0 cm³/mol. The number of sulfonamides is 1. The third kappa shape index (κ3) is 4.62. The number of hydrogen-bond donors (Lipinski definition) is 1. The molecule has 1 saturated heterocycles. The Bertz CT molecular complexity index is 751. The van der Waals surface area contributed by atoms with E-state index in [-0.39, 0.29) is 35.7 Å². The van der Waals surface area contributed by atoms with E-state index >= 15 is 0 Å². The van der Waals surface area contributed by atoms with Gasteiger partial charge in [-0.1, -0.05) is 31.5 Å². The lowest BCUT2D eigenvalue weighted by molar-refractivity contribution is -0.138. The van der Waals surface area contributed by atoms with Crippen LogP contribution in [-0.2, 0) is 19.6 Å². The van der Waals surface area contributed by atoms with Gasteiger partial charge >= 0.3 is 0 Å². The number of piperazine rings is 1. The fourth-order valence-electron chi connectivity index (χ4n) is 2.94. The van der Waals surface area contributed by atoms with Gasteiger partial charge in [0.1, 0.15) is 6.04 Å². The maximum atomic E-state index is 12.7. The summed E-state index contributed by atoms with van der Waals surface area (Å²) >= 11 is 0. The van der Waals surface area contributed by atoms with E-state index in [1.165, 1.54) is 11.2 Å². The Morgan fingerprint density at radius 3 is 2.04 bits per heavy atom. The molecule has 0 radical (unpaired) electrons. The molecular formula is C18H27N3O4S. The van der Waals surface area contributed by atoms with Crippen LogP contribution in [0.5, 0.6) is 0 Å². The minimum atomic E-state index is -3.56. The number of nitrogens with zero attached hydrogens (tertiary/aromatic N) is 2. The first-order valence-electron chi connectivity index (χ1n) is 8.75. The van der Waals surface area contributed by atoms with Gasteiger partial charge in [-0.05, 0) is 25.0 Å². The Labute approximate surface area is 155 Å². The maximum Gasteiger partial charge on any atom is 0.245 e. The Morgan fingerprint density at radius 1 is 1.04 bits per heavy atom. The first kappa shape index (κ1) is 20.4. The summed E-state index contributed by atoms with van der Waals surface area (Å²) in [7, 11) is -3.56.